The summed E-state index contributed by atoms with van der Waals surface area (Å²) in [6, 6.07) is 9.36. The summed E-state index contributed by atoms with van der Waals surface area (Å²) in [5.41, 5.74) is 1.18. The number of halogens is 1. The Labute approximate surface area is 195 Å². The molecule has 0 aromatic heterocycles. The molecule has 0 aliphatic heterocycles. The summed E-state index contributed by atoms with van der Waals surface area (Å²) in [6.45, 7) is 13.3. The molecule has 2 N–H and O–H groups in total. The number of hydrogen-bond acceptors (Lipinski definition) is 4. The summed E-state index contributed by atoms with van der Waals surface area (Å²) in [5, 5.41) is 6.79. The van der Waals surface area contributed by atoms with E-state index < -0.39 is 0 Å². The molecule has 0 aliphatic rings. The lowest BCUT2D eigenvalue weighted by Gasteiger charge is -2.30. The van der Waals surface area contributed by atoms with Crippen molar-refractivity contribution in [1.82, 2.24) is 20.4 Å². The topological polar surface area (TPSA) is 52.1 Å². The molecular formula is C22H42IN5O. The van der Waals surface area contributed by atoms with Crippen molar-refractivity contribution in [2.45, 2.75) is 52.7 Å². The number of nitrogens with one attached hydrogen (secondary N) is 2. The molecule has 0 saturated heterocycles. The Morgan fingerprint density at radius 1 is 1.07 bits per heavy atom. The Balaban J connectivity index is 0.00000784. The Morgan fingerprint density at radius 3 is 2.34 bits per heavy atom. The number of aliphatic imine (C=N–C) groups is 1. The first kappa shape index (κ1) is 27.9. The molecule has 1 aromatic rings. The van der Waals surface area contributed by atoms with E-state index >= 15 is 0 Å². The number of nitrogens with zero attached hydrogens (tertiary/aromatic N) is 3. The van der Waals surface area contributed by atoms with Crippen LogP contribution in [0.4, 0.5) is 0 Å². The number of likely N-dealkylation sites (N-methyl/N-ethyl adjacent to an activating group) is 1. The van der Waals surface area contributed by atoms with Crippen LogP contribution in [0.25, 0.3) is 0 Å². The molecule has 0 atom stereocenters. The highest BCUT2D eigenvalue weighted by atomic mass is 127. The second-order valence-corrected chi connectivity index (χ2v) is 7.93. The lowest BCUT2D eigenvalue weighted by Crippen LogP contribution is -2.41. The van der Waals surface area contributed by atoms with Crippen molar-refractivity contribution in [1.29, 1.82) is 0 Å². The molecule has 168 valence electrons. The zero-order valence-electron chi connectivity index (χ0n) is 19.4. The Hall–Kier alpha value is -1.06. The molecule has 29 heavy (non-hydrogen) atoms. The first-order valence-electron chi connectivity index (χ1n) is 10.4. The van der Waals surface area contributed by atoms with Crippen LogP contribution in [0.1, 0.15) is 39.7 Å². The molecule has 0 heterocycles. The van der Waals surface area contributed by atoms with Gasteiger partial charge in [-0.3, -0.25) is 9.89 Å². The maximum atomic E-state index is 5.81. The average molecular weight is 520 g/mol. The van der Waals surface area contributed by atoms with Crippen LogP contribution in [-0.2, 0) is 6.54 Å². The minimum absolute atomic E-state index is 0. The molecule has 0 radical (unpaired) electrons. The fourth-order valence-corrected chi connectivity index (χ4v) is 3.08. The van der Waals surface area contributed by atoms with Crippen LogP contribution in [0, 0.1) is 0 Å². The van der Waals surface area contributed by atoms with Gasteiger partial charge in [0, 0.05) is 45.3 Å². The highest BCUT2D eigenvalue weighted by Crippen LogP contribution is 2.13. The first-order chi connectivity index (χ1) is 13.3. The molecule has 0 spiro atoms. The molecule has 0 bridgehead atoms. The van der Waals surface area contributed by atoms with E-state index in [0.29, 0.717) is 25.2 Å². The Morgan fingerprint density at radius 2 is 1.76 bits per heavy atom. The van der Waals surface area contributed by atoms with Gasteiger partial charge in [-0.15, -0.1) is 24.0 Å². The predicted molar refractivity (Wildman–Crippen MR) is 136 cm³/mol. The van der Waals surface area contributed by atoms with Crippen molar-refractivity contribution in [2.24, 2.45) is 4.99 Å². The van der Waals surface area contributed by atoms with E-state index in [-0.39, 0.29) is 24.0 Å². The second kappa shape index (κ2) is 15.7. The third-order valence-electron chi connectivity index (χ3n) is 4.60. The van der Waals surface area contributed by atoms with Crippen LogP contribution < -0.4 is 15.4 Å². The fourth-order valence-electron chi connectivity index (χ4n) is 3.08. The van der Waals surface area contributed by atoms with Gasteiger partial charge < -0.3 is 20.3 Å². The molecule has 0 unspecified atom stereocenters. The number of ether oxygens (including phenoxy) is 1. The van der Waals surface area contributed by atoms with Crippen molar-refractivity contribution in [3.05, 3.63) is 29.8 Å². The maximum absolute atomic E-state index is 5.81. The molecule has 0 aliphatic carbocycles. The third-order valence-corrected chi connectivity index (χ3v) is 4.60. The summed E-state index contributed by atoms with van der Waals surface area (Å²) in [4.78, 5) is 8.95. The molecule has 6 nitrogen and oxygen atoms in total. The molecular weight excluding hydrogens is 477 g/mol. The van der Waals surface area contributed by atoms with E-state index in [1.54, 1.807) is 0 Å². The van der Waals surface area contributed by atoms with Crippen LogP contribution in [0.2, 0.25) is 0 Å². The zero-order chi connectivity index (χ0) is 20.9. The zero-order valence-corrected chi connectivity index (χ0v) is 21.7. The number of rotatable bonds is 12. The lowest BCUT2D eigenvalue weighted by atomic mass is 10.2. The predicted octanol–water partition coefficient (Wildman–Crippen LogP) is 3.42. The van der Waals surface area contributed by atoms with Crippen LogP contribution in [0.3, 0.4) is 0 Å². The van der Waals surface area contributed by atoms with Crippen LogP contribution in [0.15, 0.2) is 29.3 Å². The SMILES string of the molecule is CN=C(NCCCN(C(C)C)C(C)C)NCc1cccc(OCCN(C)C)c1.I. The fraction of sp³-hybridized carbons (Fsp3) is 0.682. The van der Waals surface area contributed by atoms with Gasteiger partial charge >= 0.3 is 0 Å². The molecule has 7 heteroatoms. The molecule has 0 amide bonds. The van der Waals surface area contributed by atoms with Gasteiger partial charge in [0.25, 0.3) is 0 Å². The van der Waals surface area contributed by atoms with E-state index in [2.05, 4.69) is 65.3 Å². The summed E-state index contributed by atoms with van der Waals surface area (Å²) in [6.07, 6.45) is 1.09. The molecule has 0 fully saturated rings. The van der Waals surface area contributed by atoms with Gasteiger partial charge in [-0.1, -0.05) is 12.1 Å². The minimum atomic E-state index is 0. The van der Waals surface area contributed by atoms with Crippen LogP contribution in [-0.4, -0.2) is 75.2 Å². The van der Waals surface area contributed by atoms with Gasteiger partial charge in [-0.25, -0.2) is 0 Å². The lowest BCUT2D eigenvalue weighted by molar-refractivity contribution is 0.173. The summed E-state index contributed by atoms with van der Waals surface area (Å²) in [5.74, 6) is 1.74. The van der Waals surface area contributed by atoms with Crippen molar-refractivity contribution < 1.29 is 4.74 Å². The minimum Gasteiger partial charge on any atom is -0.492 e. The van der Waals surface area contributed by atoms with Gasteiger partial charge in [0.2, 0.25) is 0 Å². The molecule has 1 aromatic carbocycles. The molecule has 0 saturated carbocycles. The van der Waals surface area contributed by atoms with Gasteiger partial charge in [-0.05, 0) is 65.9 Å². The highest BCUT2D eigenvalue weighted by molar-refractivity contribution is 14.0. The average Bonchev–Trinajstić information content (AvgIpc) is 2.63. The quantitative estimate of drug-likeness (QED) is 0.192. The Kier molecular flexibility index (Phi) is 15.2. The second-order valence-electron chi connectivity index (χ2n) is 7.93. The van der Waals surface area contributed by atoms with Crippen molar-refractivity contribution >= 4 is 29.9 Å². The molecule has 1 rings (SSSR count). The summed E-state index contributed by atoms with van der Waals surface area (Å²) >= 11 is 0. The van der Waals surface area contributed by atoms with Gasteiger partial charge in [0.1, 0.15) is 12.4 Å². The number of guanidine groups is 1. The Bertz CT molecular complexity index is 570. The van der Waals surface area contributed by atoms with Gasteiger partial charge in [0.05, 0.1) is 0 Å². The van der Waals surface area contributed by atoms with E-state index in [0.717, 1.165) is 37.8 Å². The van der Waals surface area contributed by atoms with Crippen molar-refractivity contribution in [2.75, 3.05) is 47.4 Å². The first-order valence-corrected chi connectivity index (χ1v) is 10.4. The van der Waals surface area contributed by atoms with Crippen molar-refractivity contribution in [3.63, 3.8) is 0 Å². The van der Waals surface area contributed by atoms with E-state index in [1.807, 2.05) is 33.3 Å². The largest absolute Gasteiger partial charge is 0.492 e. The number of benzene rings is 1. The number of hydrogen-bond donors (Lipinski definition) is 2. The van der Waals surface area contributed by atoms with Crippen molar-refractivity contribution in [3.8, 4) is 5.75 Å². The van der Waals surface area contributed by atoms with E-state index in [4.69, 9.17) is 4.74 Å². The smallest absolute Gasteiger partial charge is 0.191 e. The summed E-state index contributed by atoms with van der Waals surface area (Å²) in [7, 11) is 5.90. The van der Waals surface area contributed by atoms with Crippen LogP contribution in [0.5, 0.6) is 5.75 Å². The van der Waals surface area contributed by atoms with Gasteiger partial charge in [-0.2, -0.15) is 0 Å². The van der Waals surface area contributed by atoms with Gasteiger partial charge in [0.15, 0.2) is 5.96 Å². The van der Waals surface area contributed by atoms with E-state index in [9.17, 15) is 0 Å². The maximum Gasteiger partial charge on any atom is 0.191 e. The third kappa shape index (κ3) is 12.3. The summed E-state index contributed by atoms with van der Waals surface area (Å²) < 4.78 is 5.81. The standard InChI is InChI=1S/C22H41N5O.HI/c1-18(2)27(19(3)4)13-9-12-24-22(23-5)25-17-20-10-8-11-21(16-20)28-15-14-26(6)7;/h8,10-11,16,18-19H,9,12-15,17H2,1-7H3,(H2,23,24,25);1H. The monoisotopic (exact) mass is 519 g/mol. The normalized spacial score (nSPS) is 11.9. The van der Waals surface area contributed by atoms with E-state index in [1.165, 1.54) is 5.56 Å². The van der Waals surface area contributed by atoms with Crippen LogP contribution >= 0.6 is 24.0 Å². The highest BCUT2D eigenvalue weighted by Gasteiger charge is 2.12.